The monoisotopic (exact) mass is 244 g/mol. The summed E-state index contributed by atoms with van der Waals surface area (Å²) >= 11 is 5.88. The molecular formula is C11H13ClO4. The Morgan fingerprint density at radius 3 is 2.56 bits per heavy atom. The van der Waals surface area contributed by atoms with Crippen molar-refractivity contribution in [1.29, 1.82) is 0 Å². The quantitative estimate of drug-likeness (QED) is 0.858. The first-order valence-electron chi connectivity index (χ1n) is 4.68. The summed E-state index contributed by atoms with van der Waals surface area (Å²) in [6, 6.07) is 1.57. The Labute approximate surface area is 98.4 Å². The second-order valence-corrected chi connectivity index (χ2v) is 3.92. The van der Waals surface area contributed by atoms with Gasteiger partial charge in [-0.3, -0.25) is 4.79 Å². The SMILES string of the molecule is COc1c(C)cc(C(C)C(=O)O)c(O)c1Cl. The lowest BCUT2D eigenvalue weighted by atomic mass is 9.98. The van der Waals surface area contributed by atoms with Crippen LogP contribution in [0.3, 0.4) is 0 Å². The first-order valence-corrected chi connectivity index (χ1v) is 5.06. The normalized spacial score (nSPS) is 12.2. The topological polar surface area (TPSA) is 66.8 Å². The summed E-state index contributed by atoms with van der Waals surface area (Å²) < 4.78 is 5.01. The van der Waals surface area contributed by atoms with Crippen LogP contribution >= 0.6 is 11.6 Å². The largest absolute Gasteiger partial charge is 0.506 e. The highest BCUT2D eigenvalue weighted by molar-refractivity contribution is 6.33. The first kappa shape index (κ1) is 12.6. The minimum atomic E-state index is -1.02. The van der Waals surface area contributed by atoms with E-state index in [4.69, 9.17) is 21.4 Å². The van der Waals surface area contributed by atoms with Crippen LogP contribution in [0.25, 0.3) is 0 Å². The zero-order valence-corrected chi connectivity index (χ0v) is 10.00. The molecule has 5 heteroatoms. The number of benzene rings is 1. The number of hydrogen-bond acceptors (Lipinski definition) is 3. The number of aromatic hydroxyl groups is 1. The second kappa shape index (κ2) is 4.61. The van der Waals surface area contributed by atoms with Gasteiger partial charge >= 0.3 is 5.97 Å². The van der Waals surface area contributed by atoms with Crippen LogP contribution in [0.15, 0.2) is 6.07 Å². The number of aliphatic carboxylic acids is 1. The molecule has 0 fully saturated rings. The molecule has 0 heterocycles. The van der Waals surface area contributed by atoms with Gasteiger partial charge in [-0.25, -0.2) is 0 Å². The van der Waals surface area contributed by atoms with Gasteiger partial charge < -0.3 is 14.9 Å². The van der Waals surface area contributed by atoms with Crippen LogP contribution in [0, 0.1) is 6.92 Å². The summed E-state index contributed by atoms with van der Waals surface area (Å²) in [5.41, 5.74) is 0.976. The third-order valence-electron chi connectivity index (χ3n) is 2.45. The van der Waals surface area contributed by atoms with Crippen LogP contribution in [0.4, 0.5) is 0 Å². The van der Waals surface area contributed by atoms with Gasteiger partial charge in [-0.1, -0.05) is 11.6 Å². The molecule has 0 saturated heterocycles. The van der Waals surface area contributed by atoms with E-state index in [0.717, 1.165) is 0 Å². The van der Waals surface area contributed by atoms with Gasteiger partial charge in [0, 0.05) is 5.56 Å². The Bertz CT molecular complexity index is 428. The van der Waals surface area contributed by atoms with Crippen molar-refractivity contribution < 1.29 is 19.7 Å². The number of carboxylic acids is 1. The van der Waals surface area contributed by atoms with Gasteiger partial charge in [0.15, 0.2) is 0 Å². The molecule has 16 heavy (non-hydrogen) atoms. The first-order chi connectivity index (χ1) is 7.40. The van der Waals surface area contributed by atoms with E-state index >= 15 is 0 Å². The van der Waals surface area contributed by atoms with Crippen molar-refractivity contribution in [2.75, 3.05) is 7.11 Å². The van der Waals surface area contributed by atoms with Crippen LogP contribution in [-0.2, 0) is 4.79 Å². The molecule has 4 nitrogen and oxygen atoms in total. The molecular weight excluding hydrogens is 232 g/mol. The minimum Gasteiger partial charge on any atom is -0.506 e. The van der Waals surface area contributed by atoms with Gasteiger partial charge in [-0.2, -0.15) is 0 Å². The second-order valence-electron chi connectivity index (χ2n) is 3.54. The molecule has 1 aromatic rings. The molecule has 0 bridgehead atoms. The fourth-order valence-electron chi connectivity index (χ4n) is 1.49. The summed E-state index contributed by atoms with van der Waals surface area (Å²) in [7, 11) is 1.44. The molecule has 1 unspecified atom stereocenters. The molecule has 0 radical (unpaired) electrons. The maximum absolute atomic E-state index is 10.8. The number of aryl methyl sites for hydroxylation is 1. The van der Waals surface area contributed by atoms with Gasteiger partial charge in [0.1, 0.15) is 16.5 Å². The zero-order chi connectivity index (χ0) is 12.5. The highest BCUT2D eigenvalue weighted by atomic mass is 35.5. The van der Waals surface area contributed by atoms with E-state index in [0.29, 0.717) is 11.3 Å². The van der Waals surface area contributed by atoms with Crippen LogP contribution in [0.5, 0.6) is 11.5 Å². The molecule has 88 valence electrons. The molecule has 1 atom stereocenters. The minimum absolute atomic E-state index is 0.0469. The van der Waals surface area contributed by atoms with Crippen molar-refractivity contribution in [1.82, 2.24) is 0 Å². The average molecular weight is 245 g/mol. The van der Waals surface area contributed by atoms with Crippen molar-refractivity contribution in [2.45, 2.75) is 19.8 Å². The zero-order valence-electron chi connectivity index (χ0n) is 9.24. The molecule has 0 amide bonds. The van der Waals surface area contributed by atoms with Crippen molar-refractivity contribution >= 4 is 17.6 Å². The van der Waals surface area contributed by atoms with Crippen molar-refractivity contribution in [3.63, 3.8) is 0 Å². The summed E-state index contributed by atoms with van der Waals surface area (Å²) in [5, 5.41) is 18.7. The molecule has 0 aliphatic carbocycles. The number of phenols is 1. The maximum Gasteiger partial charge on any atom is 0.310 e. The molecule has 1 aromatic carbocycles. The molecule has 2 N–H and O–H groups in total. The van der Waals surface area contributed by atoms with Gasteiger partial charge in [0.25, 0.3) is 0 Å². The van der Waals surface area contributed by atoms with E-state index in [2.05, 4.69) is 0 Å². The van der Waals surface area contributed by atoms with E-state index in [1.165, 1.54) is 14.0 Å². The Kier molecular flexibility index (Phi) is 3.65. The number of carboxylic acid groups (broad SMARTS) is 1. The lowest BCUT2D eigenvalue weighted by Gasteiger charge is -2.15. The number of halogens is 1. The lowest BCUT2D eigenvalue weighted by molar-refractivity contribution is -0.138. The summed E-state index contributed by atoms with van der Waals surface area (Å²) in [6.45, 7) is 3.22. The predicted molar refractivity (Wildman–Crippen MR) is 60.5 cm³/mol. The van der Waals surface area contributed by atoms with Crippen LogP contribution < -0.4 is 4.74 Å². The number of ether oxygens (including phenoxy) is 1. The molecule has 0 aromatic heterocycles. The van der Waals surface area contributed by atoms with Gasteiger partial charge in [0.05, 0.1) is 13.0 Å². The summed E-state index contributed by atoms with van der Waals surface area (Å²) in [4.78, 5) is 10.8. The standard InChI is InChI=1S/C11H13ClO4/c1-5-4-7(6(2)11(14)15)9(13)8(12)10(5)16-3/h4,6,13H,1-3H3,(H,14,15). The third-order valence-corrected chi connectivity index (χ3v) is 2.80. The maximum atomic E-state index is 10.8. The Balaban J connectivity index is 3.39. The number of methoxy groups -OCH3 is 1. The summed E-state index contributed by atoms with van der Waals surface area (Å²) in [5.74, 6) is -1.71. The van der Waals surface area contributed by atoms with E-state index < -0.39 is 11.9 Å². The van der Waals surface area contributed by atoms with Crippen LogP contribution in [-0.4, -0.2) is 23.3 Å². The Morgan fingerprint density at radius 1 is 1.56 bits per heavy atom. The fraction of sp³-hybridized carbons (Fsp3) is 0.364. The highest BCUT2D eigenvalue weighted by Crippen LogP contribution is 2.41. The van der Waals surface area contributed by atoms with Crippen LogP contribution in [0.1, 0.15) is 24.0 Å². The Hall–Kier alpha value is -1.42. The van der Waals surface area contributed by atoms with E-state index in [1.807, 2.05) is 0 Å². The number of phenolic OH excluding ortho intramolecular Hbond substituents is 1. The molecule has 0 saturated carbocycles. The van der Waals surface area contributed by atoms with E-state index in [1.54, 1.807) is 13.0 Å². The smallest absolute Gasteiger partial charge is 0.310 e. The third kappa shape index (κ3) is 2.07. The fourth-order valence-corrected chi connectivity index (χ4v) is 1.82. The molecule has 0 aliphatic heterocycles. The predicted octanol–water partition coefficient (Wildman–Crippen LogP) is 2.55. The van der Waals surface area contributed by atoms with Crippen molar-refractivity contribution in [3.8, 4) is 11.5 Å². The molecule has 1 rings (SSSR count). The number of rotatable bonds is 3. The van der Waals surface area contributed by atoms with Crippen molar-refractivity contribution in [2.24, 2.45) is 0 Å². The Morgan fingerprint density at radius 2 is 2.12 bits per heavy atom. The van der Waals surface area contributed by atoms with Gasteiger partial charge in [-0.15, -0.1) is 0 Å². The average Bonchev–Trinajstić information content (AvgIpc) is 2.23. The number of carbonyl (C=O) groups is 1. The lowest BCUT2D eigenvalue weighted by Crippen LogP contribution is -2.08. The van der Waals surface area contributed by atoms with Gasteiger partial charge in [0.2, 0.25) is 0 Å². The van der Waals surface area contributed by atoms with Crippen molar-refractivity contribution in [3.05, 3.63) is 22.2 Å². The van der Waals surface area contributed by atoms with Crippen LogP contribution in [0.2, 0.25) is 5.02 Å². The van der Waals surface area contributed by atoms with E-state index in [-0.39, 0.29) is 16.3 Å². The highest BCUT2D eigenvalue weighted by Gasteiger charge is 2.22. The summed E-state index contributed by atoms with van der Waals surface area (Å²) in [6.07, 6.45) is 0. The van der Waals surface area contributed by atoms with Gasteiger partial charge in [-0.05, 0) is 25.5 Å². The molecule has 0 spiro atoms. The van der Waals surface area contributed by atoms with E-state index in [9.17, 15) is 9.90 Å². The molecule has 0 aliphatic rings. The number of hydrogen-bond donors (Lipinski definition) is 2.